The summed E-state index contributed by atoms with van der Waals surface area (Å²) in [5.74, 6) is 0.913. The number of ether oxygens (including phenoxy) is 1. The molecular formula is C14H22BrNO. The largest absolute Gasteiger partial charge is 0.492 e. The van der Waals surface area contributed by atoms with Crippen molar-refractivity contribution in [3.05, 3.63) is 28.7 Å². The molecule has 0 atom stereocenters. The molecule has 0 aliphatic carbocycles. The third-order valence-corrected chi connectivity index (χ3v) is 3.77. The fraction of sp³-hybridized carbons (Fsp3) is 0.571. The maximum Gasteiger partial charge on any atom is 0.120 e. The van der Waals surface area contributed by atoms with E-state index in [1.54, 1.807) is 0 Å². The van der Waals surface area contributed by atoms with Crippen molar-refractivity contribution < 1.29 is 4.74 Å². The van der Waals surface area contributed by atoms with Gasteiger partial charge in [-0.15, -0.1) is 0 Å². The molecule has 1 N–H and O–H groups in total. The van der Waals surface area contributed by atoms with Crippen molar-refractivity contribution in [3.63, 3.8) is 0 Å². The molecule has 0 amide bonds. The highest BCUT2D eigenvalue weighted by atomic mass is 79.9. The van der Waals surface area contributed by atoms with Crippen LogP contribution in [0.1, 0.15) is 33.6 Å². The van der Waals surface area contributed by atoms with Gasteiger partial charge in [-0.1, -0.05) is 35.8 Å². The monoisotopic (exact) mass is 299 g/mol. The molecule has 0 fully saturated rings. The Balaban J connectivity index is 2.29. The lowest BCUT2D eigenvalue weighted by molar-refractivity contribution is 0.266. The predicted octanol–water partition coefficient (Wildman–Crippen LogP) is 4.00. The zero-order valence-electron chi connectivity index (χ0n) is 10.9. The fourth-order valence-corrected chi connectivity index (χ4v) is 1.96. The van der Waals surface area contributed by atoms with Crippen LogP contribution in [-0.4, -0.2) is 18.7 Å². The van der Waals surface area contributed by atoms with E-state index >= 15 is 0 Å². The molecule has 1 aromatic carbocycles. The maximum atomic E-state index is 5.68. The summed E-state index contributed by atoms with van der Waals surface area (Å²) in [5, 5.41) is 3.54. The van der Waals surface area contributed by atoms with Crippen molar-refractivity contribution in [1.82, 2.24) is 5.32 Å². The summed E-state index contributed by atoms with van der Waals surface area (Å²) in [4.78, 5) is 0. The topological polar surface area (TPSA) is 21.3 Å². The Morgan fingerprint density at radius 1 is 1.29 bits per heavy atom. The Morgan fingerprint density at radius 2 is 2.00 bits per heavy atom. The highest BCUT2D eigenvalue weighted by molar-refractivity contribution is 9.10. The van der Waals surface area contributed by atoms with E-state index in [9.17, 15) is 0 Å². The summed E-state index contributed by atoms with van der Waals surface area (Å²) in [7, 11) is 0. The lowest BCUT2D eigenvalue weighted by Crippen LogP contribution is -2.43. The van der Waals surface area contributed by atoms with Crippen molar-refractivity contribution in [2.24, 2.45) is 0 Å². The molecule has 0 saturated heterocycles. The molecule has 0 heterocycles. The Hall–Kier alpha value is -0.540. The highest BCUT2D eigenvalue weighted by Crippen LogP contribution is 2.17. The molecule has 0 aliphatic heterocycles. The van der Waals surface area contributed by atoms with Gasteiger partial charge >= 0.3 is 0 Å². The van der Waals surface area contributed by atoms with Gasteiger partial charge in [0.25, 0.3) is 0 Å². The summed E-state index contributed by atoms with van der Waals surface area (Å²) in [6, 6.07) is 7.94. The fourth-order valence-electron chi connectivity index (χ4n) is 1.58. The third-order valence-electron chi connectivity index (χ3n) is 3.28. The first-order valence-corrected chi connectivity index (χ1v) is 7.02. The van der Waals surface area contributed by atoms with E-state index in [4.69, 9.17) is 4.74 Å². The molecule has 0 aliphatic rings. The molecule has 0 unspecified atom stereocenters. The quantitative estimate of drug-likeness (QED) is 0.769. The molecule has 0 aromatic heterocycles. The predicted molar refractivity (Wildman–Crippen MR) is 76.6 cm³/mol. The van der Waals surface area contributed by atoms with Crippen molar-refractivity contribution in [2.75, 3.05) is 13.2 Å². The molecular weight excluding hydrogens is 278 g/mol. The smallest absolute Gasteiger partial charge is 0.120 e. The van der Waals surface area contributed by atoms with Gasteiger partial charge in [-0.2, -0.15) is 0 Å². The van der Waals surface area contributed by atoms with Crippen LogP contribution in [-0.2, 0) is 0 Å². The van der Waals surface area contributed by atoms with Crippen molar-refractivity contribution in [1.29, 1.82) is 0 Å². The van der Waals surface area contributed by atoms with Gasteiger partial charge in [-0.3, -0.25) is 0 Å². The Labute approximate surface area is 113 Å². The van der Waals surface area contributed by atoms with Gasteiger partial charge in [0.1, 0.15) is 12.4 Å². The van der Waals surface area contributed by atoms with Crippen LogP contribution in [0.5, 0.6) is 5.75 Å². The van der Waals surface area contributed by atoms with E-state index in [1.165, 1.54) is 0 Å². The second-order valence-electron chi connectivity index (χ2n) is 4.50. The van der Waals surface area contributed by atoms with Crippen LogP contribution in [0.15, 0.2) is 28.7 Å². The van der Waals surface area contributed by atoms with Gasteiger partial charge in [-0.25, -0.2) is 0 Å². The average molecular weight is 300 g/mol. The van der Waals surface area contributed by atoms with Crippen molar-refractivity contribution >= 4 is 15.9 Å². The van der Waals surface area contributed by atoms with E-state index in [0.717, 1.165) is 29.6 Å². The van der Waals surface area contributed by atoms with Gasteiger partial charge < -0.3 is 10.1 Å². The van der Waals surface area contributed by atoms with E-state index in [0.29, 0.717) is 6.61 Å². The molecule has 96 valence electrons. The number of halogens is 1. The SMILES string of the molecule is CCC(C)(CC)NCCOc1cccc(Br)c1. The average Bonchev–Trinajstić information content (AvgIpc) is 2.34. The second-order valence-corrected chi connectivity index (χ2v) is 5.42. The van der Waals surface area contributed by atoms with Crippen molar-refractivity contribution in [2.45, 2.75) is 39.2 Å². The van der Waals surface area contributed by atoms with Crippen LogP contribution in [0, 0.1) is 0 Å². The number of hydrogen-bond acceptors (Lipinski definition) is 2. The van der Waals surface area contributed by atoms with Gasteiger partial charge in [0.15, 0.2) is 0 Å². The van der Waals surface area contributed by atoms with E-state index in [2.05, 4.69) is 42.0 Å². The van der Waals surface area contributed by atoms with Crippen LogP contribution in [0.25, 0.3) is 0 Å². The van der Waals surface area contributed by atoms with Gasteiger partial charge in [0, 0.05) is 16.6 Å². The van der Waals surface area contributed by atoms with Crippen LogP contribution >= 0.6 is 15.9 Å². The minimum Gasteiger partial charge on any atom is -0.492 e. The lowest BCUT2D eigenvalue weighted by atomic mass is 9.96. The van der Waals surface area contributed by atoms with Gasteiger partial charge in [0.05, 0.1) is 0 Å². The first kappa shape index (κ1) is 14.5. The molecule has 0 saturated carbocycles. The first-order chi connectivity index (χ1) is 8.09. The van der Waals surface area contributed by atoms with E-state index in [-0.39, 0.29) is 5.54 Å². The zero-order chi connectivity index (χ0) is 12.7. The molecule has 0 bridgehead atoms. The van der Waals surface area contributed by atoms with E-state index in [1.807, 2.05) is 24.3 Å². The Morgan fingerprint density at radius 3 is 2.59 bits per heavy atom. The Bertz CT molecular complexity index is 337. The summed E-state index contributed by atoms with van der Waals surface area (Å²) in [5.41, 5.74) is 0.237. The summed E-state index contributed by atoms with van der Waals surface area (Å²) >= 11 is 3.43. The van der Waals surface area contributed by atoms with Gasteiger partial charge in [0.2, 0.25) is 0 Å². The number of rotatable bonds is 7. The van der Waals surface area contributed by atoms with Crippen LogP contribution in [0.4, 0.5) is 0 Å². The second kappa shape index (κ2) is 7.02. The standard InChI is InChI=1S/C14H22BrNO/c1-4-14(3,5-2)16-9-10-17-13-8-6-7-12(15)11-13/h6-8,11,16H,4-5,9-10H2,1-3H3. The normalized spacial score (nSPS) is 11.5. The molecule has 17 heavy (non-hydrogen) atoms. The molecule has 3 heteroatoms. The summed E-state index contributed by atoms with van der Waals surface area (Å²) < 4.78 is 6.73. The third kappa shape index (κ3) is 5.09. The van der Waals surface area contributed by atoms with E-state index < -0.39 is 0 Å². The van der Waals surface area contributed by atoms with Crippen LogP contribution in [0.2, 0.25) is 0 Å². The lowest BCUT2D eigenvalue weighted by Gasteiger charge is -2.28. The minimum absolute atomic E-state index is 0.237. The maximum absolute atomic E-state index is 5.68. The minimum atomic E-state index is 0.237. The number of benzene rings is 1. The zero-order valence-corrected chi connectivity index (χ0v) is 12.5. The first-order valence-electron chi connectivity index (χ1n) is 6.23. The molecule has 0 radical (unpaired) electrons. The molecule has 0 spiro atoms. The Kier molecular flexibility index (Phi) is 6.00. The number of hydrogen-bond donors (Lipinski definition) is 1. The number of nitrogens with one attached hydrogen (secondary N) is 1. The van der Waals surface area contributed by atoms with Gasteiger partial charge in [-0.05, 0) is 38.0 Å². The molecule has 1 aromatic rings. The van der Waals surface area contributed by atoms with Crippen molar-refractivity contribution in [3.8, 4) is 5.75 Å². The summed E-state index contributed by atoms with van der Waals surface area (Å²) in [6.45, 7) is 8.26. The molecule has 2 nitrogen and oxygen atoms in total. The molecule has 1 rings (SSSR count). The van der Waals surface area contributed by atoms with Crippen LogP contribution < -0.4 is 10.1 Å². The highest BCUT2D eigenvalue weighted by Gasteiger charge is 2.17. The van der Waals surface area contributed by atoms with Crippen LogP contribution in [0.3, 0.4) is 0 Å². The summed E-state index contributed by atoms with van der Waals surface area (Å²) in [6.07, 6.45) is 2.28.